The minimum Gasteiger partial charge on any atom is -0.338 e. The van der Waals surface area contributed by atoms with E-state index >= 15 is 0 Å². The molecule has 2 atom stereocenters. The van der Waals surface area contributed by atoms with Gasteiger partial charge in [0.2, 0.25) is 0 Å². The Morgan fingerprint density at radius 1 is 1.20 bits per heavy atom. The van der Waals surface area contributed by atoms with Gasteiger partial charge in [0.1, 0.15) is 0 Å². The number of nitrogens with zero attached hydrogens (tertiary/aromatic N) is 1. The Balaban J connectivity index is 2.02. The average molecular weight is 210 g/mol. The van der Waals surface area contributed by atoms with Crippen molar-refractivity contribution in [2.75, 3.05) is 13.1 Å². The van der Waals surface area contributed by atoms with Gasteiger partial charge in [0, 0.05) is 19.1 Å². The van der Waals surface area contributed by atoms with Crippen molar-refractivity contribution in [2.24, 2.45) is 5.92 Å². The van der Waals surface area contributed by atoms with Crippen LogP contribution < -0.4 is 5.32 Å². The van der Waals surface area contributed by atoms with Crippen LogP contribution in [0.25, 0.3) is 0 Å². The predicted octanol–water partition coefficient (Wildman–Crippen LogP) is 2.37. The second-order valence-corrected chi connectivity index (χ2v) is 4.96. The average Bonchev–Trinajstić information content (AvgIpc) is 2.44. The summed E-state index contributed by atoms with van der Waals surface area (Å²) in [5, 5.41) is 2.96. The van der Waals surface area contributed by atoms with Crippen LogP contribution in [-0.2, 0) is 0 Å². The smallest absolute Gasteiger partial charge is 0.317 e. The Hall–Kier alpha value is -0.730. The highest BCUT2D eigenvalue weighted by Gasteiger charge is 2.30. The summed E-state index contributed by atoms with van der Waals surface area (Å²) in [6.07, 6.45) is 7.57. The number of hydrogen-bond acceptors (Lipinski definition) is 1. The third kappa shape index (κ3) is 2.44. The van der Waals surface area contributed by atoms with Crippen molar-refractivity contribution >= 4 is 6.03 Å². The molecule has 2 unspecified atom stereocenters. The van der Waals surface area contributed by atoms with E-state index in [4.69, 9.17) is 0 Å². The fourth-order valence-corrected chi connectivity index (χ4v) is 2.90. The molecule has 15 heavy (non-hydrogen) atoms. The van der Waals surface area contributed by atoms with Gasteiger partial charge in [-0.1, -0.05) is 26.2 Å². The van der Waals surface area contributed by atoms with Gasteiger partial charge in [-0.05, 0) is 25.2 Å². The van der Waals surface area contributed by atoms with E-state index in [0.717, 1.165) is 19.5 Å². The molecule has 1 aliphatic heterocycles. The molecule has 0 aromatic rings. The molecule has 0 spiro atoms. The summed E-state index contributed by atoms with van der Waals surface area (Å²) >= 11 is 0. The molecule has 0 aromatic carbocycles. The van der Waals surface area contributed by atoms with Gasteiger partial charge < -0.3 is 10.2 Å². The molecule has 2 amide bonds. The zero-order valence-electron chi connectivity index (χ0n) is 9.67. The Bertz CT molecular complexity index is 230. The lowest BCUT2D eigenvalue weighted by atomic mass is 9.95. The Morgan fingerprint density at radius 2 is 2.00 bits per heavy atom. The molecule has 0 aromatic heterocycles. The van der Waals surface area contributed by atoms with Crippen LogP contribution in [0.5, 0.6) is 0 Å². The quantitative estimate of drug-likeness (QED) is 0.662. The molecule has 86 valence electrons. The summed E-state index contributed by atoms with van der Waals surface area (Å²) in [5.41, 5.74) is 0. The number of rotatable bonds is 1. The number of urea groups is 1. The molecule has 1 aliphatic carbocycles. The van der Waals surface area contributed by atoms with E-state index in [9.17, 15) is 4.79 Å². The highest BCUT2D eigenvalue weighted by molar-refractivity contribution is 5.75. The first kappa shape index (κ1) is 10.8. The first-order valence-corrected chi connectivity index (χ1v) is 6.33. The first-order chi connectivity index (χ1) is 7.29. The van der Waals surface area contributed by atoms with Crippen LogP contribution in [0, 0.1) is 5.92 Å². The number of hydrogen-bond donors (Lipinski definition) is 1. The molecular weight excluding hydrogens is 188 g/mol. The lowest BCUT2D eigenvalue weighted by Gasteiger charge is -2.37. The maximum absolute atomic E-state index is 11.8. The minimum absolute atomic E-state index is 0.167. The van der Waals surface area contributed by atoms with Crippen LogP contribution in [0.3, 0.4) is 0 Å². The van der Waals surface area contributed by atoms with Gasteiger partial charge in [0.05, 0.1) is 0 Å². The van der Waals surface area contributed by atoms with Crippen molar-refractivity contribution in [1.82, 2.24) is 10.2 Å². The molecule has 1 saturated heterocycles. The van der Waals surface area contributed by atoms with Crippen molar-refractivity contribution in [1.29, 1.82) is 0 Å². The van der Waals surface area contributed by atoms with Gasteiger partial charge >= 0.3 is 6.03 Å². The molecule has 1 saturated carbocycles. The van der Waals surface area contributed by atoms with E-state index in [1.165, 1.54) is 32.1 Å². The van der Waals surface area contributed by atoms with Gasteiger partial charge in [-0.15, -0.1) is 0 Å². The maximum atomic E-state index is 11.8. The van der Waals surface area contributed by atoms with Crippen LogP contribution >= 0.6 is 0 Å². The van der Waals surface area contributed by atoms with Crippen LogP contribution in [0.1, 0.15) is 45.4 Å². The standard InChI is InChI=1S/C12H22N2O/c1-10-6-3-2-4-7-11(10)14-9-5-8-13-12(14)15/h10-11H,2-9H2,1H3,(H,13,15). The van der Waals surface area contributed by atoms with E-state index in [0.29, 0.717) is 12.0 Å². The van der Waals surface area contributed by atoms with Crippen molar-refractivity contribution in [3.05, 3.63) is 0 Å². The van der Waals surface area contributed by atoms with Crippen LogP contribution in [0.2, 0.25) is 0 Å². The summed E-state index contributed by atoms with van der Waals surface area (Å²) in [5.74, 6) is 0.677. The van der Waals surface area contributed by atoms with Gasteiger partial charge in [-0.3, -0.25) is 0 Å². The topological polar surface area (TPSA) is 32.3 Å². The molecule has 3 nitrogen and oxygen atoms in total. The Morgan fingerprint density at radius 3 is 2.80 bits per heavy atom. The number of carbonyl (C=O) groups excluding carboxylic acids is 1. The largest absolute Gasteiger partial charge is 0.338 e. The summed E-state index contributed by atoms with van der Waals surface area (Å²) < 4.78 is 0. The van der Waals surface area contributed by atoms with E-state index in [2.05, 4.69) is 17.1 Å². The lowest BCUT2D eigenvalue weighted by molar-refractivity contribution is 0.133. The second kappa shape index (κ2) is 4.86. The molecule has 2 aliphatic rings. The SMILES string of the molecule is CC1CCCCCC1N1CCCNC1=O. The first-order valence-electron chi connectivity index (χ1n) is 6.33. The second-order valence-electron chi connectivity index (χ2n) is 4.96. The van der Waals surface area contributed by atoms with Gasteiger partial charge in [-0.2, -0.15) is 0 Å². The summed E-state index contributed by atoms with van der Waals surface area (Å²) in [6.45, 7) is 4.12. The number of nitrogens with one attached hydrogen (secondary N) is 1. The Kier molecular flexibility index (Phi) is 3.49. The molecule has 3 heteroatoms. The summed E-state index contributed by atoms with van der Waals surface area (Å²) in [4.78, 5) is 13.8. The molecule has 1 N–H and O–H groups in total. The van der Waals surface area contributed by atoms with E-state index in [1.807, 2.05) is 0 Å². The van der Waals surface area contributed by atoms with Crippen molar-refractivity contribution in [2.45, 2.75) is 51.5 Å². The predicted molar refractivity (Wildman–Crippen MR) is 60.8 cm³/mol. The summed E-state index contributed by atoms with van der Waals surface area (Å²) in [7, 11) is 0. The van der Waals surface area contributed by atoms with Gasteiger partial charge in [0.25, 0.3) is 0 Å². The summed E-state index contributed by atoms with van der Waals surface area (Å²) in [6, 6.07) is 0.660. The third-order valence-corrected chi connectivity index (χ3v) is 3.83. The van der Waals surface area contributed by atoms with Crippen LogP contribution in [0.15, 0.2) is 0 Å². The maximum Gasteiger partial charge on any atom is 0.317 e. The van der Waals surface area contributed by atoms with Crippen molar-refractivity contribution in [3.63, 3.8) is 0 Å². The number of carbonyl (C=O) groups is 1. The molecular formula is C12H22N2O. The lowest BCUT2D eigenvalue weighted by Crippen LogP contribution is -2.52. The minimum atomic E-state index is 0.167. The van der Waals surface area contributed by atoms with Crippen LogP contribution in [0.4, 0.5) is 4.79 Å². The molecule has 0 radical (unpaired) electrons. The van der Waals surface area contributed by atoms with Crippen LogP contribution in [-0.4, -0.2) is 30.1 Å². The normalized spacial score (nSPS) is 33.4. The van der Waals surface area contributed by atoms with E-state index < -0.39 is 0 Å². The third-order valence-electron chi connectivity index (χ3n) is 3.83. The molecule has 2 rings (SSSR count). The molecule has 1 heterocycles. The molecule has 0 bridgehead atoms. The number of amides is 2. The zero-order chi connectivity index (χ0) is 10.7. The monoisotopic (exact) mass is 210 g/mol. The van der Waals surface area contributed by atoms with Gasteiger partial charge in [-0.25, -0.2) is 4.79 Å². The van der Waals surface area contributed by atoms with E-state index in [1.54, 1.807) is 0 Å². The fraction of sp³-hybridized carbons (Fsp3) is 0.917. The Labute approximate surface area is 92.2 Å². The molecule has 2 fully saturated rings. The highest BCUT2D eigenvalue weighted by atomic mass is 16.2. The highest BCUT2D eigenvalue weighted by Crippen LogP contribution is 2.27. The zero-order valence-corrected chi connectivity index (χ0v) is 9.67. The van der Waals surface area contributed by atoms with Crippen molar-refractivity contribution in [3.8, 4) is 0 Å². The fourth-order valence-electron chi connectivity index (χ4n) is 2.90. The van der Waals surface area contributed by atoms with E-state index in [-0.39, 0.29) is 6.03 Å². The van der Waals surface area contributed by atoms with Crippen molar-refractivity contribution < 1.29 is 4.79 Å². The van der Waals surface area contributed by atoms with Gasteiger partial charge in [0.15, 0.2) is 0 Å².